The lowest BCUT2D eigenvalue weighted by atomic mass is 9.54. The third-order valence-electron chi connectivity index (χ3n) is 9.66. The molecule has 0 aromatic heterocycles. The van der Waals surface area contributed by atoms with E-state index in [4.69, 9.17) is 20.9 Å². The van der Waals surface area contributed by atoms with Gasteiger partial charge in [-0.2, -0.15) is 0 Å². The minimum absolute atomic E-state index is 0.171. The quantitative estimate of drug-likeness (QED) is 0.261. The van der Waals surface area contributed by atoms with E-state index in [1.165, 1.54) is 49.7 Å². The number of nitrogens with two attached hydrogens (primary N) is 2. The Kier molecular flexibility index (Phi) is 5.40. The molecule has 4 nitrogen and oxygen atoms in total. The summed E-state index contributed by atoms with van der Waals surface area (Å²) in [5, 5.41) is 0. The molecule has 0 aliphatic heterocycles. The summed E-state index contributed by atoms with van der Waals surface area (Å²) in [5.74, 6) is 4.80. The Bertz CT molecular complexity index is 1460. The molecule has 0 amide bonds. The van der Waals surface area contributed by atoms with Gasteiger partial charge in [-0.25, -0.2) is 0 Å². The van der Waals surface area contributed by atoms with Crippen LogP contribution in [0.15, 0.2) is 97.1 Å². The van der Waals surface area contributed by atoms with Crippen LogP contribution in [0.25, 0.3) is 0 Å². The molecule has 0 spiro atoms. The zero-order chi connectivity index (χ0) is 25.7. The SMILES string of the molecule is Nc1cccc(Oc2ccc(C34CCC(C3)C3CCCC34c3ccc(Oc4cccc(N)c4)cc3)cc2)c1. The maximum atomic E-state index is 6.13. The van der Waals surface area contributed by atoms with Gasteiger partial charge >= 0.3 is 0 Å². The lowest BCUT2D eigenvalue weighted by Crippen LogP contribution is -2.47. The van der Waals surface area contributed by atoms with E-state index in [1.807, 2.05) is 48.5 Å². The van der Waals surface area contributed by atoms with Gasteiger partial charge in [0.25, 0.3) is 0 Å². The van der Waals surface area contributed by atoms with Gasteiger partial charge in [0.15, 0.2) is 0 Å². The van der Waals surface area contributed by atoms with Gasteiger partial charge in [-0.05, 0) is 104 Å². The molecule has 4 atom stereocenters. The fourth-order valence-electron chi connectivity index (χ4n) is 8.34. The molecule has 0 radical (unpaired) electrons. The van der Waals surface area contributed by atoms with Crippen molar-refractivity contribution >= 4 is 11.4 Å². The number of ether oxygens (including phenoxy) is 2. The van der Waals surface area contributed by atoms with Gasteiger partial charge in [0.2, 0.25) is 0 Å². The number of hydrogen-bond donors (Lipinski definition) is 2. The first-order valence-electron chi connectivity index (χ1n) is 13.8. The summed E-state index contributed by atoms with van der Waals surface area (Å²) >= 11 is 0. The zero-order valence-corrected chi connectivity index (χ0v) is 21.6. The van der Waals surface area contributed by atoms with Crippen molar-refractivity contribution in [1.82, 2.24) is 0 Å². The lowest BCUT2D eigenvalue weighted by molar-refractivity contribution is 0.170. The third-order valence-corrected chi connectivity index (χ3v) is 9.66. The first-order chi connectivity index (χ1) is 18.6. The second kappa shape index (κ2) is 8.83. The average Bonchev–Trinajstić information content (AvgIpc) is 3.62. The van der Waals surface area contributed by atoms with Gasteiger partial charge in [-0.3, -0.25) is 0 Å². The van der Waals surface area contributed by atoms with Crippen molar-refractivity contribution in [2.24, 2.45) is 11.8 Å². The largest absolute Gasteiger partial charge is 0.457 e. The van der Waals surface area contributed by atoms with Gasteiger partial charge in [-0.1, -0.05) is 42.8 Å². The van der Waals surface area contributed by atoms with E-state index in [-0.39, 0.29) is 10.8 Å². The van der Waals surface area contributed by atoms with Crippen molar-refractivity contribution in [3.8, 4) is 23.0 Å². The zero-order valence-electron chi connectivity index (χ0n) is 21.6. The molecular weight excluding hydrogens is 468 g/mol. The Morgan fingerprint density at radius 1 is 0.605 bits per heavy atom. The molecule has 3 aliphatic rings. The number of fused-ring (bicyclic) bond motifs is 5. The summed E-state index contributed by atoms with van der Waals surface area (Å²) in [6.07, 6.45) is 7.78. The van der Waals surface area contributed by atoms with E-state index in [0.717, 1.165) is 34.8 Å². The summed E-state index contributed by atoms with van der Waals surface area (Å²) in [5.41, 5.74) is 16.6. The monoisotopic (exact) mass is 502 g/mol. The standard InChI is InChI=1S/C34H34N2O2/c35-26-4-1-6-30(20-26)37-28-13-9-24(10-14-28)33-19-17-23(22-33)32-8-3-18-34(32,33)25-11-15-29(16-12-25)38-31-7-2-5-27(36)21-31/h1-2,4-7,9-16,20-21,23,32H,3,8,17-19,22,35-36H2. The Balaban J connectivity index is 1.21. The molecule has 3 aliphatic carbocycles. The van der Waals surface area contributed by atoms with E-state index in [9.17, 15) is 0 Å². The van der Waals surface area contributed by atoms with Crippen LogP contribution in [-0.2, 0) is 10.8 Å². The molecule has 7 rings (SSSR count). The molecule has 3 saturated carbocycles. The summed E-state index contributed by atoms with van der Waals surface area (Å²) in [4.78, 5) is 0. The molecule has 4 N–H and O–H groups in total. The Morgan fingerprint density at radius 3 is 1.76 bits per heavy atom. The van der Waals surface area contributed by atoms with E-state index in [2.05, 4.69) is 48.5 Å². The topological polar surface area (TPSA) is 70.5 Å². The van der Waals surface area contributed by atoms with Crippen LogP contribution < -0.4 is 20.9 Å². The molecule has 4 heteroatoms. The molecular formula is C34H34N2O2. The maximum Gasteiger partial charge on any atom is 0.129 e. The molecule has 4 unspecified atom stereocenters. The molecule has 0 heterocycles. The highest BCUT2D eigenvalue weighted by Crippen LogP contribution is 2.73. The van der Waals surface area contributed by atoms with Crippen molar-refractivity contribution in [1.29, 1.82) is 0 Å². The Morgan fingerprint density at radius 2 is 1.18 bits per heavy atom. The fourth-order valence-corrected chi connectivity index (χ4v) is 8.34. The van der Waals surface area contributed by atoms with Crippen LogP contribution in [0.5, 0.6) is 23.0 Å². The second-order valence-corrected chi connectivity index (χ2v) is 11.5. The van der Waals surface area contributed by atoms with Crippen molar-refractivity contribution in [3.05, 3.63) is 108 Å². The van der Waals surface area contributed by atoms with E-state index < -0.39 is 0 Å². The second-order valence-electron chi connectivity index (χ2n) is 11.5. The van der Waals surface area contributed by atoms with Crippen molar-refractivity contribution in [2.75, 3.05) is 11.5 Å². The smallest absolute Gasteiger partial charge is 0.129 e. The number of nitrogen functional groups attached to an aromatic ring is 2. The highest BCUT2D eigenvalue weighted by molar-refractivity contribution is 5.50. The predicted molar refractivity (Wildman–Crippen MR) is 153 cm³/mol. The van der Waals surface area contributed by atoms with Crippen LogP contribution in [0.3, 0.4) is 0 Å². The summed E-state index contributed by atoms with van der Waals surface area (Å²) in [6, 6.07) is 33.1. The van der Waals surface area contributed by atoms with E-state index >= 15 is 0 Å². The van der Waals surface area contributed by atoms with Crippen LogP contribution >= 0.6 is 0 Å². The fraction of sp³-hybridized carbons (Fsp3) is 0.294. The molecule has 2 bridgehead atoms. The van der Waals surface area contributed by atoms with Crippen molar-refractivity contribution < 1.29 is 9.47 Å². The minimum atomic E-state index is 0.171. The molecule has 0 saturated heterocycles. The number of rotatable bonds is 6. The number of hydrogen-bond acceptors (Lipinski definition) is 4. The van der Waals surface area contributed by atoms with Gasteiger partial charge < -0.3 is 20.9 Å². The highest BCUT2D eigenvalue weighted by Gasteiger charge is 2.68. The lowest BCUT2D eigenvalue weighted by Gasteiger charge is -2.49. The molecule has 4 aromatic carbocycles. The number of anilines is 2. The summed E-state index contributed by atoms with van der Waals surface area (Å²) in [7, 11) is 0. The van der Waals surface area contributed by atoms with Gasteiger partial charge in [0.1, 0.15) is 23.0 Å². The normalized spacial score (nSPS) is 27.3. The van der Waals surface area contributed by atoms with Crippen LogP contribution in [-0.4, -0.2) is 0 Å². The van der Waals surface area contributed by atoms with Crippen molar-refractivity contribution in [3.63, 3.8) is 0 Å². The summed E-state index contributed by atoms with van der Waals surface area (Å²) < 4.78 is 12.2. The van der Waals surface area contributed by atoms with Crippen LogP contribution in [0.1, 0.15) is 49.7 Å². The van der Waals surface area contributed by atoms with Crippen LogP contribution in [0.2, 0.25) is 0 Å². The molecule has 4 aromatic rings. The van der Waals surface area contributed by atoms with Gasteiger partial charge in [-0.15, -0.1) is 0 Å². The van der Waals surface area contributed by atoms with Gasteiger partial charge in [0, 0.05) is 34.3 Å². The van der Waals surface area contributed by atoms with E-state index in [0.29, 0.717) is 11.4 Å². The average molecular weight is 503 g/mol. The Hall–Kier alpha value is -3.92. The minimum Gasteiger partial charge on any atom is -0.457 e. The Labute approximate surface area is 224 Å². The highest BCUT2D eigenvalue weighted by atomic mass is 16.5. The molecule has 192 valence electrons. The van der Waals surface area contributed by atoms with Crippen LogP contribution in [0.4, 0.5) is 11.4 Å². The molecule has 38 heavy (non-hydrogen) atoms. The maximum absolute atomic E-state index is 6.13. The van der Waals surface area contributed by atoms with E-state index in [1.54, 1.807) is 0 Å². The van der Waals surface area contributed by atoms with Crippen LogP contribution in [0, 0.1) is 11.8 Å². The molecule has 3 fully saturated rings. The first kappa shape index (κ1) is 23.2. The third kappa shape index (κ3) is 3.58. The van der Waals surface area contributed by atoms with Crippen molar-refractivity contribution in [2.45, 2.75) is 49.4 Å². The summed E-state index contributed by atoms with van der Waals surface area (Å²) in [6.45, 7) is 0. The predicted octanol–water partition coefficient (Wildman–Crippen LogP) is 8.23. The first-order valence-corrected chi connectivity index (χ1v) is 13.8. The number of benzene rings is 4. The van der Waals surface area contributed by atoms with Gasteiger partial charge in [0.05, 0.1) is 0 Å².